The molecule has 1 saturated heterocycles. The maximum Gasteiger partial charge on any atom is 0.485 e. The summed E-state index contributed by atoms with van der Waals surface area (Å²) in [6.45, 7) is 1.45. The summed E-state index contributed by atoms with van der Waals surface area (Å²) in [5, 5.41) is 0. The second kappa shape index (κ2) is 4.44. The number of rotatable bonds is 3. The molecule has 2 aliphatic rings. The van der Waals surface area contributed by atoms with Crippen molar-refractivity contribution in [1.82, 2.24) is 0 Å². The van der Waals surface area contributed by atoms with Crippen LogP contribution in [0.4, 0.5) is 0 Å². The summed E-state index contributed by atoms with van der Waals surface area (Å²) in [4.78, 5) is 0. The van der Waals surface area contributed by atoms with Gasteiger partial charge in [-0.05, 0) is 23.8 Å². The predicted octanol–water partition coefficient (Wildman–Crippen LogP) is 2.42. The summed E-state index contributed by atoms with van der Waals surface area (Å²) < 4.78 is 10.7. The standard InChI is InChI=1S/C13H15BO2/c1-2-4-11(5-3-1)13-10-12(13)6-7-14-15-8-9-16-14/h1-7,12-13H,8-10H2/b7-6+/t12-,13+/m0/s1. The SMILES string of the molecule is C(=C\[C@H]1C[C@@H]1c1ccccc1)/B1OCCO1. The second-order valence-electron chi connectivity index (χ2n) is 4.41. The van der Waals surface area contributed by atoms with Crippen molar-refractivity contribution in [2.24, 2.45) is 5.92 Å². The summed E-state index contributed by atoms with van der Waals surface area (Å²) in [6.07, 6.45) is 3.50. The Morgan fingerprint density at radius 2 is 1.88 bits per heavy atom. The lowest BCUT2D eigenvalue weighted by Gasteiger charge is -1.97. The van der Waals surface area contributed by atoms with E-state index in [1.165, 1.54) is 12.0 Å². The van der Waals surface area contributed by atoms with Gasteiger partial charge in [-0.2, -0.15) is 0 Å². The molecule has 1 aromatic carbocycles. The van der Waals surface area contributed by atoms with Gasteiger partial charge in [0, 0.05) is 0 Å². The van der Waals surface area contributed by atoms with Crippen molar-refractivity contribution in [3.05, 3.63) is 47.9 Å². The molecule has 0 amide bonds. The molecular formula is C13H15BO2. The Morgan fingerprint density at radius 3 is 2.62 bits per heavy atom. The number of benzene rings is 1. The van der Waals surface area contributed by atoms with Gasteiger partial charge in [0.1, 0.15) is 0 Å². The Morgan fingerprint density at radius 1 is 1.12 bits per heavy atom. The van der Waals surface area contributed by atoms with E-state index in [1.807, 2.05) is 0 Å². The summed E-state index contributed by atoms with van der Waals surface area (Å²) in [6, 6.07) is 10.7. The van der Waals surface area contributed by atoms with Gasteiger partial charge in [-0.25, -0.2) is 0 Å². The van der Waals surface area contributed by atoms with Crippen LogP contribution in [0.2, 0.25) is 0 Å². The van der Waals surface area contributed by atoms with Crippen LogP contribution in [0, 0.1) is 5.92 Å². The Kier molecular flexibility index (Phi) is 2.81. The second-order valence-corrected chi connectivity index (χ2v) is 4.41. The first kappa shape index (κ1) is 10.1. The quantitative estimate of drug-likeness (QED) is 0.719. The van der Waals surface area contributed by atoms with Crippen LogP contribution < -0.4 is 0 Å². The molecule has 82 valence electrons. The highest BCUT2D eigenvalue weighted by Gasteiger charge is 2.36. The predicted molar refractivity (Wildman–Crippen MR) is 64.1 cm³/mol. The van der Waals surface area contributed by atoms with Crippen LogP contribution in [0.5, 0.6) is 0 Å². The van der Waals surface area contributed by atoms with Gasteiger partial charge in [0.05, 0.1) is 13.2 Å². The Balaban J connectivity index is 1.56. The van der Waals surface area contributed by atoms with Gasteiger partial charge in [0.2, 0.25) is 0 Å². The third kappa shape index (κ3) is 2.20. The summed E-state index contributed by atoms with van der Waals surface area (Å²) in [5.41, 5.74) is 1.45. The van der Waals surface area contributed by atoms with Gasteiger partial charge < -0.3 is 9.31 Å². The van der Waals surface area contributed by atoms with Gasteiger partial charge in [0.25, 0.3) is 0 Å². The monoisotopic (exact) mass is 214 g/mol. The first-order valence-electron chi connectivity index (χ1n) is 5.90. The van der Waals surface area contributed by atoms with Crippen molar-refractivity contribution in [3.8, 4) is 0 Å². The molecule has 0 bridgehead atoms. The molecule has 0 spiro atoms. The fourth-order valence-electron chi connectivity index (χ4n) is 2.23. The van der Waals surface area contributed by atoms with Gasteiger partial charge >= 0.3 is 7.12 Å². The van der Waals surface area contributed by atoms with Crippen molar-refractivity contribution in [3.63, 3.8) is 0 Å². The Bertz CT molecular complexity index is 371. The summed E-state index contributed by atoms with van der Waals surface area (Å²) in [7, 11) is -0.1000. The van der Waals surface area contributed by atoms with Crippen molar-refractivity contribution < 1.29 is 9.31 Å². The van der Waals surface area contributed by atoms with E-state index in [-0.39, 0.29) is 7.12 Å². The molecule has 1 aliphatic carbocycles. The zero-order chi connectivity index (χ0) is 10.8. The minimum Gasteiger partial charge on any atom is -0.405 e. The first-order chi connectivity index (χ1) is 7.93. The molecule has 0 radical (unpaired) electrons. The average Bonchev–Trinajstić information content (AvgIpc) is 2.93. The van der Waals surface area contributed by atoms with Gasteiger partial charge in [0.15, 0.2) is 0 Å². The number of hydrogen-bond acceptors (Lipinski definition) is 2. The summed E-state index contributed by atoms with van der Waals surface area (Å²) >= 11 is 0. The molecule has 1 aliphatic heterocycles. The fraction of sp³-hybridized carbons (Fsp3) is 0.385. The van der Waals surface area contributed by atoms with E-state index in [0.717, 1.165) is 13.2 Å². The maximum atomic E-state index is 5.36. The topological polar surface area (TPSA) is 18.5 Å². The molecule has 0 aromatic heterocycles. The van der Waals surface area contributed by atoms with E-state index in [0.29, 0.717) is 11.8 Å². The third-order valence-corrected chi connectivity index (χ3v) is 3.23. The van der Waals surface area contributed by atoms with Crippen molar-refractivity contribution >= 4 is 7.12 Å². The van der Waals surface area contributed by atoms with Gasteiger partial charge in [-0.3, -0.25) is 0 Å². The molecule has 1 aromatic rings. The summed E-state index contributed by atoms with van der Waals surface area (Å²) in [5.74, 6) is 3.44. The molecule has 0 N–H and O–H groups in total. The molecule has 3 rings (SSSR count). The van der Waals surface area contributed by atoms with Gasteiger partial charge in [-0.1, -0.05) is 42.4 Å². The normalized spacial score (nSPS) is 28.9. The lowest BCUT2D eigenvalue weighted by atomic mass is 9.90. The lowest BCUT2D eigenvalue weighted by molar-refractivity contribution is 0.365. The van der Waals surface area contributed by atoms with Crippen molar-refractivity contribution in [2.75, 3.05) is 13.2 Å². The first-order valence-corrected chi connectivity index (χ1v) is 5.90. The van der Waals surface area contributed by atoms with E-state index >= 15 is 0 Å². The van der Waals surface area contributed by atoms with Crippen LogP contribution >= 0.6 is 0 Å². The Labute approximate surface area is 96.4 Å². The fourth-order valence-corrected chi connectivity index (χ4v) is 2.23. The molecule has 1 heterocycles. The molecule has 1 saturated carbocycles. The number of hydrogen-bond donors (Lipinski definition) is 0. The van der Waals surface area contributed by atoms with E-state index in [4.69, 9.17) is 9.31 Å². The molecule has 3 heteroatoms. The molecule has 2 fully saturated rings. The lowest BCUT2D eigenvalue weighted by Crippen LogP contribution is -2.09. The van der Waals surface area contributed by atoms with Crippen molar-refractivity contribution in [2.45, 2.75) is 12.3 Å². The van der Waals surface area contributed by atoms with Crippen molar-refractivity contribution in [1.29, 1.82) is 0 Å². The minimum absolute atomic E-state index is 0.1000. The third-order valence-electron chi connectivity index (χ3n) is 3.23. The van der Waals surface area contributed by atoms with Crippen LogP contribution in [0.3, 0.4) is 0 Å². The molecule has 2 nitrogen and oxygen atoms in total. The van der Waals surface area contributed by atoms with Crippen LogP contribution in [0.25, 0.3) is 0 Å². The molecular weight excluding hydrogens is 199 g/mol. The largest absolute Gasteiger partial charge is 0.485 e. The van der Waals surface area contributed by atoms with Crippen LogP contribution in [-0.2, 0) is 9.31 Å². The molecule has 2 atom stereocenters. The molecule has 0 unspecified atom stereocenters. The van der Waals surface area contributed by atoms with E-state index in [2.05, 4.69) is 42.4 Å². The highest BCUT2D eigenvalue weighted by atomic mass is 16.6. The maximum absolute atomic E-state index is 5.36. The van der Waals surface area contributed by atoms with E-state index < -0.39 is 0 Å². The van der Waals surface area contributed by atoms with Crippen LogP contribution in [0.1, 0.15) is 17.9 Å². The Hall–Kier alpha value is -1.06. The average molecular weight is 214 g/mol. The van der Waals surface area contributed by atoms with Crippen LogP contribution in [-0.4, -0.2) is 20.3 Å². The molecule has 16 heavy (non-hydrogen) atoms. The van der Waals surface area contributed by atoms with E-state index in [9.17, 15) is 0 Å². The number of allylic oxidation sites excluding steroid dienone is 1. The smallest absolute Gasteiger partial charge is 0.405 e. The highest BCUT2D eigenvalue weighted by molar-refractivity contribution is 6.51. The van der Waals surface area contributed by atoms with E-state index in [1.54, 1.807) is 0 Å². The highest BCUT2D eigenvalue weighted by Crippen LogP contribution is 2.48. The zero-order valence-corrected chi connectivity index (χ0v) is 9.21. The zero-order valence-electron chi connectivity index (χ0n) is 9.21. The van der Waals surface area contributed by atoms with Crippen LogP contribution in [0.15, 0.2) is 42.4 Å². The minimum atomic E-state index is -0.1000. The van der Waals surface area contributed by atoms with Gasteiger partial charge in [-0.15, -0.1) is 0 Å².